The first-order valence-electron chi connectivity index (χ1n) is 5.61. The van der Waals surface area contributed by atoms with Crippen LogP contribution in [0.4, 0.5) is 0 Å². The van der Waals surface area contributed by atoms with E-state index in [0.29, 0.717) is 12.3 Å². The van der Waals surface area contributed by atoms with Crippen LogP contribution in [0.5, 0.6) is 0 Å². The molecule has 0 unspecified atom stereocenters. The van der Waals surface area contributed by atoms with Crippen molar-refractivity contribution in [3.63, 3.8) is 0 Å². The molecule has 0 radical (unpaired) electrons. The fourth-order valence-corrected chi connectivity index (χ4v) is 3.88. The third-order valence-corrected chi connectivity index (χ3v) is 4.94. The van der Waals surface area contributed by atoms with E-state index in [9.17, 15) is 9.59 Å². The van der Waals surface area contributed by atoms with Crippen molar-refractivity contribution in [1.82, 2.24) is 0 Å². The lowest BCUT2D eigenvalue weighted by atomic mass is 10.3. The van der Waals surface area contributed by atoms with Crippen molar-refractivity contribution in [2.75, 3.05) is 5.75 Å². The Bertz CT molecular complexity index is 604. The molecule has 0 fully saturated rings. The molecule has 0 aliphatic rings. The maximum absolute atomic E-state index is 11.4. The Hall–Kier alpha value is -1.20. The highest BCUT2D eigenvalue weighted by atomic mass is 32.2. The van der Waals surface area contributed by atoms with Crippen molar-refractivity contribution in [2.24, 2.45) is 0 Å². The number of aromatic nitrogens is 1. The molecular formula is C13H14NO2S2+. The molecule has 2 aromatic rings. The molecule has 1 aromatic heterocycles. The minimum absolute atomic E-state index is 0.119. The molecule has 1 aromatic carbocycles. The lowest BCUT2D eigenvalue weighted by molar-refractivity contribution is -0.689. The Kier molecular flexibility index (Phi) is 4.14. The zero-order valence-electron chi connectivity index (χ0n) is 10.3. The summed E-state index contributed by atoms with van der Waals surface area (Å²) in [4.78, 5) is 22.4. The van der Waals surface area contributed by atoms with E-state index >= 15 is 0 Å². The van der Waals surface area contributed by atoms with Crippen LogP contribution in [0.25, 0.3) is 10.2 Å². The summed E-state index contributed by atoms with van der Waals surface area (Å²) in [6, 6.07) is 7.99. The van der Waals surface area contributed by atoms with Crippen LogP contribution >= 0.6 is 23.1 Å². The average molecular weight is 280 g/mol. The van der Waals surface area contributed by atoms with Crippen LogP contribution in [-0.4, -0.2) is 17.3 Å². The zero-order chi connectivity index (χ0) is 13.1. The van der Waals surface area contributed by atoms with Gasteiger partial charge in [-0.1, -0.05) is 23.5 Å². The van der Waals surface area contributed by atoms with Gasteiger partial charge in [-0.05, 0) is 24.8 Å². The van der Waals surface area contributed by atoms with Gasteiger partial charge in [-0.2, -0.15) is 4.57 Å². The first-order valence-corrected chi connectivity index (χ1v) is 7.41. The molecule has 1 heterocycles. The Morgan fingerprint density at radius 3 is 2.61 bits per heavy atom. The van der Waals surface area contributed by atoms with E-state index in [1.54, 1.807) is 25.2 Å². The van der Waals surface area contributed by atoms with Crippen LogP contribution in [0.15, 0.2) is 28.6 Å². The largest absolute Gasteiger partial charge is 0.299 e. The lowest BCUT2D eigenvalue weighted by Crippen LogP contribution is -2.37. The van der Waals surface area contributed by atoms with E-state index in [1.165, 1.54) is 11.8 Å². The lowest BCUT2D eigenvalue weighted by Gasteiger charge is -1.95. The van der Waals surface area contributed by atoms with Crippen LogP contribution in [-0.2, 0) is 16.1 Å². The second-order valence-electron chi connectivity index (χ2n) is 4.11. The van der Waals surface area contributed by atoms with Gasteiger partial charge in [-0.15, -0.1) is 0 Å². The number of hydrogen-bond acceptors (Lipinski definition) is 4. The Morgan fingerprint density at radius 2 is 1.94 bits per heavy atom. The van der Waals surface area contributed by atoms with Crippen molar-refractivity contribution >= 4 is 44.9 Å². The fraction of sp³-hybridized carbons (Fsp3) is 0.308. The zero-order valence-corrected chi connectivity index (χ0v) is 11.9. The predicted molar refractivity (Wildman–Crippen MR) is 74.1 cm³/mol. The summed E-state index contributed by atoms with van der Waals surface area (Å²) in [5.41, 5.74) is 1.06. The molecule has 3 nitrogen and oxygen atoms in total. The van der Waals surface area contributed by atoms with Crippen molar-refractivity contribution in [1.29, 1.82) is 0 Å². The van der Waals surface area contributed by atoms with E-state index in [4.69, 9.17) is 0 Å². The first kappa shape index (κ1) is 13.2. The van der Waals surface area contributed by atoms with E-state index < -0.39 is 0 Å². The standard InChI is InChI=1S/C13H14NO2S2/c1-9(15)7-14-11-5-3-4-6-12(11)18-13(14)17-8-10(2)16/h3-6H,7-8H2,1-2H3/q+1. The van der Waals surface area contributed by atoms with E-state index in [0.717, 1.165) is 14.6 Å². The molecule has 0 aliphatic carbocycles. The molecule has 0 bridgehead atoms. The Balaban J connectivity index is 2.42. The Labute approximate surface area is 114 Å². The number of nitrogens with zero attached hydrogens (tertiary/aromatic N) is 1. The van der Waals surface area contributed by atoms with Gasteiger partial charge in [0, 0.05) is 13.0 Å². The summed E-state index contributed by atoms with van der Waals surface area (Å²) in [7, 11) is 0. The number of carbonyl (C=O) groups is 2. The molecule has 94 valence electrons. The van der Waals surface area contributed by atoms with Crippen molar-refractivity contribution in [3.05, 3.63) is 24.3 Å². The monoisotopic (exact) mass is 280 g/mol. The summed E-state index contributed by atoms with van der Waals surface area (Å²) in [6.45, 7) is 3.53. The number of thioether (sulfide) groups is 1. The number of ketones is 2. The molecule has 0 saturated carbocycles. The maximum Gasteiger partial charge on any atom is 0.299 e. The van der Waals surface area contributed by atoms with Crippen molar-refractivity contribution < 1.29 is 14.2 Å². The third-order valence-electron chi connectivity index (χ3n) is 2.35. The SMILES string of the molecule is CC(=O)CSc1sc2ccccc2[n+]1CC(C)=O. The number of carbonyl (C=O) groups excluding carboxylic acids is 2. The second kappa shape index (κ2) is 5.63. The molecule has 18 heavy (non-hydrogen) atoms. The van der Waals surface area contributed by atoms with E-state index in [-0.39, 0.29) is 11.6 Å². The quantitative estimate of drug-likeness (QED) is 0.624. The van der Waals surface area contributed by atoms with E-state index in [2.05, 4.69) is 0 Å². The number of Topliss-reactive ketones (excluding diaryl/α,β-unsaturated/α-hetero) is 2. The first-order chi connectivity index (χ1) is 8.58. The van der Waals surface area contributed by atoms with Crippen LogP contribution in [0, 0.1) is 0 Å². The minimum atomic E-state index is 0.119. The highest BCUT2D eigenvalue weighted by Gasteiger charge is 2.22. The van der Waals surface area contributed by atoms with Crippen LogP contribution < -0.4 is 4.57 Å². The summed E-state index contributed by atoms with van der Waals surface area (Å²) in [6.07, 6.45) is 0. The normalized spacial score (nSPS) is 10.8. The topological polar surface area (TPSA) is 38.0 Å². The van der Waals surface area contributed by atoms with Gasteiger partial charge in [0.2, 0.25) is 12.1 Å². The molecule has 0 atom stereocenters. The van der Waals surface area contributed by atoms with Gasteiger partial charge in [0.05, 0.1) is 5.75 Å². The molecule has 0 N–H and O–H groups in total. The highest BCUT2D eigenvalue weighted by Crippen LogP contribution is 2.27. The molecule has 5 heteroatoms. The minimum Gasteiger partial charge on any atom is -0.299 e. The number of hydrogen-bond donors (Lipinski definition) is 0. The third kappa shape index (κ3) is 2.97. The van der Waals surface area contributed by atoms with Gasteiger partial charge in [0.1, 0.15) is 10.5 Å². The van der Waals surface area contributed by atoms with Crippen LogP contribution in [0.3, 0.4) is 0 Å². The predicted octanol–water partition coefficient (Wildman–Crippen LogP) is 2.46. The molecular weight excluding hydrogens is 266 g/mol. The highest BCUT2D eigenvalue weighted by molar-refractivity contribution is 8.01. The number of thiazole rings is 1. The van der Waals surface area contributed by atoms with Crippen molar-refractivity contribution in [3.8, 4) is 0 Å². The fourth-order valence-electron chi connectivity index (χ4n) is 1.66. The summed E-state index contributed by atoms with van der Waals surface area (Å²) < 4.78 is 4.15. The number of benzene rings is 1. The summed E-state index contributed by atoms with van der Waals surface area (Å²) in [5, 5.41) is 0. The van der Waals surface area contributed by atoms with Crippen molar-refractivity contribution in [2.45, 2.75) is 24.7 Å². The molecule has 0 aliphatic heterocycles. The number of para-hydroxylation sites is 1. The molecule has 0 spiro atoms. The van der Waals surface area contributed by atoms with E-state index in [1.807, 2.05) is 28.8 Å². The van der Waals surface area contributed by atoms with Crippen LogP contribution in [0.2, 0.25) is 0 Å². The van der Waals surface area contributed by atoms with Gasteiger partial charge >= 0.3 is 0 Å². The molecule has 0 amide bonds. The average Bonchev–Trinajstić information content (AvgIpc) is 2.64. The van der Waals surface area contributed by atoms with Gasteiger partial charge in [0.25, 0.3) is 4.34 Å². The summed E-state index contributed by atoms with van der Waals surface area (Å²) in [5.74, 6) is 0.713. The summed E-state index contributed by atoms with van der Waals surface area (Å²) >= 11 is 3.13. The van der Waals surface area contributed by atoms with Gasteiger partial charge < -0.3 is 0 Å². The maximum atomic E-state index is 11.4. The Morgan fingerprint density at radius 1 is 1.22 bits per heavy atom. The smallest absolute Gasteiger partial charge is 0.299 e. The van der Waals surface area contributed by atoms with Crippen LogP contribution in [0.1, 0.15) is 13.8 Å². The van der Waals surface area contributed by atoms with Gasteiger partial charge in [-0.3, -0.25) is 9.59 Å². The number of rotatable bonds is 5. The van der Waals surface area contributed by atoms with Gasteiger partial charge in [0.15, 0.2) is 5.78 Å². The molecule has 2 rings (SSSR count). The van der Waals surface area contributed by atoms with Gasteiger partial charge in [-0.25, -0.2) is 0 Å². The molecule has 0 saturated heterocycles. The number of fused-ring (bicyclic) bond motifs is 1. The second-order valence-corrected chi connectivity index (χ2v) is 6.37.